The number of aliphatic hydroxyl groups is 1. The van der Waals surface area contributed by atoms with E-state index in [1.807, 2.05) is 85.8 Å². The summed E-state index contributed by atoms with van der Waals surface area (Å²) in [4.78, 5) is 11.6. The maximum absolute atomic E-state index is 12.9. The first-order valence-corrected chi connectivity index (χ1v) is 25.7. The molecule has 0 saturated carbocycles. The van der Waals surface area contributed by atoms with Gasteiger partial charge in [-0.2, -0.15) is 0 Å². The van der Waals surface area contributed by atoms with Gasteiger partial charge in [0, 0.05) is 56.7 Å². The Morgan fingerprint density at radius 1 is 0.718 bits per heavy atom. The van der Waals surface area contributed by atoms with Crippen molar-refractivity contribution in [1.82, 2.24) is 20.8 Å². The van der Waals surface area contributed by atoms with Gasteiger partial charge in [-0.3, -0.25) is 28.3 Å². The van der Waals surface area contributed by atoms with Crippen molar-refractivity contribution in [2.24, 2.45) is 21.5 Å². The largest absolute Gasteiger partial charge is 1.00 e. The number of benzene rings is 3. The van der Waals surface area contributed by atoms with Crippen molar-refractivity contribution in [2.75, 3.05) is 56.7 Å². The van der Waals surface area contributed by atoms with Gasteiger partial charge in [0.2, 0.25) is 0 Å². The molecule has 5 rings (SSSR count). The number of isothiocyanates is 1. The lowest BCUT2D eigenvalue weighted by Crippen LogP contribution is -3.00. The zero-order chi connectivity index (χ0) is 51.1. The number of guanidine groups is 1. The third kappa shape index (κ3) is 33.1. The molecule has 2 aliphatic rings. The van der Waals surface area contributed by atoms with Gasteiger partial charge in [0.1, 0.15) is 5.28 Å². The number of aliphatic hydroxyl groups excluding tert-OH is 1. The molecule has 0 aliphatic carbocycles. The molecule has 0 bridgehead atoms. The molecule has 1 saturated heterocycles. The van der Waals surface area contributed by atoms with E-state index in [-0.39, 0.29) is 161 Å². The normalized spacial score (nSPS) is 19.0. The lowest BCUT2D eigenvalue weighted by Gasteiger charge is -2.31. The fourth-order valence-corrected chi connectivity index (χ4v) is 11.9. The van der Waals surface area contributed by atoms with Crippen LogP contribution in [-0.4, -0.2) is 103 Å². The number of rotatable bonds is 8. The van der Waals surface area contributed by atoms with Crippen LogP contribution >= 0.6 is 81.9 Å². The molecule has 78 heavy (non-hydrogen) atoms. The quantitative estimate of drug-likeness (QED) is 0.0306. The number of hydrogen-bond acceptors (Lipinski definition) is 17. The van der Waals surface area contributed by atoms with Gasteiger partial charge in [0.15, 0.2) is 25.9 Å². The average molecular weight is 1510 g/mol. The number of alkyl halides is 3. The second-order valence-electron chi connectivity index (χ2n) is 14.3. The standard InChI is InChI=1S/C11H16N3O2P.C11H15N2O2PS.C10H16NO3P.C4H10O2.C2H3NS.CHCl3.CH4O.12ClH.H3N/c1-11(9-7-5-4-6-8-9)13-10(12)14(2)17(11,15)16-3;1-11(9-7-5-4-6-8-9)12-10(17)13(2)16(11,14)15-3;1-10(11,15(12,13-2)14-3)9-7-5-4-6-8-9;1-4(2,3)6-5;1-3-2-4;2-1(3)4;1-2;;;;;;;;;;;;;/h4-8H,1-3H3,(H2,12,13);4-8H,1-3H3,(H,12,17);4-8H,11H2,1-3H3;5H,1-3H3;1H3;1H;2H,1H3;12*1H;1H3/p-12. The van der Waals surface area contributed by atoms with E-state index in [0.29, 0.717) is 5.11 Å². The van der Waals surface area contributed by atoms with Crippen molar-refractivity contribution in [1.29, 1.82) is 0 Å². The highest BCUT2D eigenvalue weighted by Gasteiger charge is 2.57. The van der Waals surface area contributed by atoms with Crippen LogP contribution < -0.4 is 172 Å². The minimum atomic E-state index is -3.33. The predicted molar refractivity (Wildman–Crippen MR) is 278 cm³/mol. The molecule has 5 unspecified atom stereocenters. The average Bonchev–Trinajstić information content (AvgIpc) is 3.60. The summed E-state index contributed by atoms with van der Waals surface area (Å²) in [5.74, 6) is 0.238. The van der Waals surface area contributed by atoms with Gasteiger partial charge in [-0.05, 0) is 82.7 Å². The molecule has 472 valence electrons. The molecule has 2 heterocycles. The van der Waals surface area contributed by atoms with E-state index in [1.54, 1.807) is 67.9 Å². The highest BCUT2D eigenvalue weighted by atomic mass is 35.6. The van der Waals surface area contributed by atoms with Crippen LogP contribution in [0.1, 0.15) is 58.2 Å². The van der Waals surface area contributed by atoms with Gasteiger partial charge in [-0.25, -0.2) is 14.9 Å². The summed E-state index contributed by atoms with van der Waals surface area (Å²) < 4.78 is 60.6. The van der Waals surface area contributed by atoms with Crippen molar-refractivity contribution in [2.45, 2.75) is 67.3 Å². The van der Waals surface area contributed by atoms with Crippen LogP contribution in [0.3, 0.4) is 0 Å². The SMILES string of the molecule is CC(C)(C)OO.CN=C=S.CO.COP(=O)(OC)C(C)(N)c1ccccc1.COP1(=O)N(C)C(=S)NC1(C)c1ccccc1.COP1(=O)N(C)C(N)=NC1(C)c1ccccc1.ClC(Cl)Cl.N.[Cl-].[Cl-].[Cl-].[Cl-].[Cl-].[Cl-].[Cl-].[Cl-].[Cl-].[Cl-].[Cl-].[Cl-]. The van der Waals surface area contributed by atoms with Gasteiger partial charge in [-0.15, -0.1) is 0 Å². The molecule has 0 spiro atoms. The topological polar surface area (TPSA) is 268 Å². The molecule has 0 radical (unpaired) electrons. The Kier molecular flexibility index (Phi) is 84.2. The third-order valence-electron chi connectivity index (χ3n) is 9.14. The number of nitrogens with one attached hydrogen (secondary N) is 1. The Morgan fingerprint density at radius 3 is 1.28 bits per heavy atom. The van der Waals surface area contributed by atoms with Gasteiger partial charge < -0.3 is 195 Å². The maximum Gasteiger partial charge on any atom is 0.354 e. The van der Waals surface area contributed by atoms with E-state index in [0.717, 1.165) is 23.8 Å². The Balaban J connectivity index is -0.0000000481. The van der Waals surface area contributed by atoms with Crippen LogP contribution in [0, 0.1) is 0 Å². The minimum absolute atomic E-state index is 0. The molecule has 10 N–H and O–H groups in total. The molecule has 3 aromatic carbocycles. The number of hydrogen-bond donors (Lipinski definition) is 6. The molecular formula is C40H68Cl15N8O10P3S2-12. The first kappa shape index (κ1) is 117. The van der Waals surface area contributed by atoms with Crippen molar-refractivity contribution < 1.29 is 196 Å². The number of halogens is 15. The molecule has 18 nitrogen and oxygen atoms in total. The number of thiocarbonyl (C=S) groups is 2. The van der Waals surface area contributed by atoms with Crippen molar-refractivity contribution in [3.63, 3.8) is 0 Å². The van der Waals surface area contributed by atoms with Crippen LogP contribution in [0.2, 0.25) is 0 Å². The lowest BCUT2D eigenvalue weighted by atomic mass is 10.1. The van der Waals surface area contributed by atoms with E-state index in [1.165, 1.54) is 37.8 Å². The Labute approximate surface area is 562 Å². The third-order valence-corrected chi connectivity index (χ3v) is 18.1. The molecular weight excluding hydrogens is 1440 g/mol. The summed E-state index contributed by atoms with van der Waals surface area (Å²) in [5, 5.41) is 17.7. The summed E-state index contributed by atoms with van der Waals surface area (Å²) in [6.45, 7) is 10.6. The molecule has 3 aromatic rings. The van der Waals surface area contributed by atoms with Gasteiger partial charge in [0.05, 0.1) is 10.8 Å². The van der Waals surface area contributed by atoms with Crippen LogP contribution in [0.5, 0.6) is 0 Å². The number of nitrogens with zero attached hydrogens (tertiary/aromatic N) is 4. The molecule has 0 aromatic heterocycles. The van der Waals surface area contributed by atoms with E-state index in [2.05, 4.69) is 37.6 Å². The molecule has 1 fully saturated rings. The second kappa shape index (κ2) is 55.9. The second-order valence-corrected chi connectivity index (χ2v) is 25.3. The van der Waals surface area contributed by atoms with E-state index in [9.17, 15) is 13.7 Å². The summed E-state index contributed by atoms with van der Waals surface area (Å²) in [6, 6.07) is 28.1. The van der Waals surface area contributed by atoms with Crippen molar-refractivity contribution in [3.05, 3.63) is 108 Å². The first-order chi connectivity index (χ1) is 30.1. The minimum Gasteiger partial charge on any atom is -1.00 e. The van der Waals surface area contributed by atoms with Gasteiger partial charge in [-0.1, -0.05) is 126 Å². The lowest BCUT2D eigenvalue weighted by molar-refractivity contribution is -0.306. The predicted octanol–water partition coefficient (Wildman–Crippen LogP) is -25.4. The van der Waals surface area contributed by atoms with Crippen molar-refractivity contribution in [3.8, 4) is 0 Å². The fourth-order valence-electron chi connectivity index (χ4n) is 5.54. The summed E-state index contributed by atoms with van der Waals surface area (Å²) in [5.41, 5.74) is 13.8. The maximum atomic E-state index is 12.9. The van der Waals surface area contributed by atoms with Crippen molar-refractivity contribution >= 4 is 98.1 Å². The summed E-state index contributed by atoms with van der Waals surface area (Å²) in [7, 11) is 1.93. The fraction of sp³-hybridized carbons (Fsp3) is 0.475. The van der Waals surface area contributed by atoms with Crippen LogP contribution in [0.4, 0.5) is 0 Å². The molecule has 0 amide bonds. The molecule has 38 heteroatoms. The number of nitrogens with two attached hydrogens (primary N) is 2. The highest BCUT2D eigenvalue weighted by molar-refractivity contribution is 7.81. The summed E-state index contributed by atoms with van der Waals surface area (Å²) >= 11 is 23.7. The Morgan fingerprint density at radius 2 is 1.01 bits per heavy atom. The zero-order valence-electron chi connectivity index (χ0n) is 44.4. The van der Waals surface area contributed by atoms with Gasteiger partial charge in [0.25, 0.3) is 0 Å². The van der Waals surface area contributed by atoms with E-state index < -0.39 is 48.4 Å². The van der Waals surface area contributed by atoms with Crippen LogP contribution in [0.25, 0.3) is 0 Å². The Bertz CT molecular complexity index is 2130. The van der Waals surface area contributed by atoms with Crippen LogP contribution in [-0.2, 0) is 52.5 Å². The molecule has 5 atom stereocenters. The first-order valence-electron chi connectivity index (χ1n) is 18.9. The molecule has 2 aliphatic heterocycles. The Hall–Kier alpha value is 1.10. The van der Waals surface area contributed by atoms with Crippen LogP contribution in [0.15, 0.2) is 101 Å². The highest BCUT2D eigenvalue weighted by Crippen LogP contribution is 2.69. The van der Waals surface area contributed by atoms with E-state index >= 15 is 0 Å². The van der Waals surface area contributed by atoms with Gasteiger partial charge >= 0.3 is 22.6 Å². The zero-order valence-corrected chi connectivity index (χ0v) is 60.0. The number of aliphatic imine (C=N–C) groups is 2. The smallest absolute Gasteiger partial charge is 0.354 e. The summed E-state index contributed by atoms with van der Waals surface area (Å²) in [6.07, 6.45) is 0. The monoisotopic (exact) mass is 1500 g/mol. The van der Waals surface area contributed by atoms with E-state index in [4.69, 9.17) is 86.9 Å².